The predicted octanol–water partition coefficient (Wildman–Crippen LogP) is 5.11. The normalized spacial score (nSPS) is 11.2. The quantitative estimate of drug-likeness (QED) is 0.612. The molecule has 3 aromatic rings. The zero-order valence-corrected chi connectivity index (χ0v) is 12.8. The molecule has 0 atom stereocenters. The van der Waals surface area contributed by atoms with Gasteiger partial charge in [-0.1, -0.05) is 41.4 Å². The number of rotatable bonds is 3. The number of halogens is 3. The maximum absolute atomic E-state index is 6.33. The third-order valence-electron chi connectivity index (χ3n) is 3.11. The Hall–Kier alpha value is -1.22. The molecular weight excluding hydrogens is 315 g/mol. The van der Waals surface area contributed by atoms with Gasteiger partial charge >= 0.3 is 0 Å². The van der Waals surface area contributed by atoms with Crippen LogP contribution in [0.2, 0.25) is 10.0 Å². The highest BCUT2D eigenvalue weighted by atomic mass is 35.5. The first-order valence-electron chi connectivity index (χ1n) is 6.19. The lowest BCUT2D eigenvalue weighted by atomic mass is 10.2. The van der Waals surface area contributed by atoms with Crippen molar-refractivity contribution in [2.24, 2.45) is 0 Å². The zero-order chi connectivity index (χ0) is 14.1. The average Bonchev–Trinajstić information content (AvgIpc) is 2.78. The standard InChI is InChI=1S/C15H11Cl3N2/c16-9-8-14-19-12-6-1-2-7-13(12)20(14)15-10(17)4-3-5-11(15)18/h1-7H,8-9H2. The molecule has 2 aromatic carbocycles. The van der Waals surface area contributed by atoms with E-state index in [-0.39, 0.29) is 0 Å². The van der Waals surface area contributed by atoms with E-state index < -0.39 is 0 Å². The molecule has 2 nitrogen and oxygen atoms in total. The highest BCUT2D eigenvalue weighted by Gasteiger charge is 2.16. The van der Waals surface area contributed by atoms with Gasteiger partial charge in [-0.15, -0.1) is 11.6 Å². The van der Waals surface area contributed by atoms with Gasteiger partial charge in [-0.05, 0) is 24.3 Å². The number of aromatic nitrogens is 2. The average molecular weight is 326 g/mol. The Morgan fingerprint density at radius 3 is 2.35 bits per heavy atom. The minimum absolute atomic E-state index is 0.491. The Labute approximate surface area is 131 Å². The summed E-state index contributed by atoms with van der Waals surface area (Å²) in [6, 6.07) is 13.4. The van der Waals surface area contributed by atoms with Gasteiger partial charge in [0, 0.05) is 12.3 Å². The second-order valence-corrected chi connectivity index (χ2v) is 5.55. The molecule has 1 aromatic heterocycles. The minimum Gasteiger partial charge on any atom is -0.293 e. The van der Waals surface area contributed by atoms with Crippen LogP contribution in [0.4, 0.5) is 0 Å². The summed E-state index contributed by atoms with van der Waals surface area (Å²) < 4.78 is 1.99. The second kappa shape index (κ2) is 5.65. The summed E-state index contributed by atoms with van der Waals surface area (Å²) in [6.07, 6.45) is 0.651. The Morgan fingerprint density at radius 1 is 0.950 bits per heavy atom. The van der Waals surface area contributed by atoms with Crippen LogP contribution in [0, 0.1) is 0 Å². The molecule has 0 fully saturated rings. The zero-order valence-electron chi connectivity index (χ0n) is 10.5. The van der Waals surface area contributed by atoms with E-state index in [2.05, 4.69) is 4.98 Å². The molecule has 0 aliphatic carbocycles. The Balaban J connectivity index is 2.36. The largest absolute Gasteiger partial charge is 0.293 e. The molecule has 1 heterocycles. The van der Waals surface area contributed by atoms with Crippen molar-refractivity contribution in [1.29, 1.82) is 0 Å². The summed E-state index contributed by atoms with van der Waals surface area (Å²) in [7, 11) is 0. The molecule has 0 aliphatic heterocycles. The Bertz CT molecular complexity index is 745. The second-order valence-electron chi connectivity index (χ2n) is 4.36. The maximum Gasteiger partial charge on any atom is 0.115 e. The number of imidazole rings is 1. The minimum atomic E-state index is 0.491. The van der Waals surface area contributed by atoms with Gasteiger partial charge in [0.15, 0.2) is 0 Å². The lowest BCUT2D eigenvalue weighted by Crippen LogP contribution is -2.03. The van der Waals surface area contributed by atoms with E-state index in [0.717, 1.165) is 22.5 Å². The molecule has 0 saturated carbocycles. The smallest absolute Gasteiger partial charge is 0.115 e. The fourth-order valence-electron chi connectivity index (χ4n) is 2.28. The topological polar surface area (TPSA) is 17.8 Å². The number of hydrogen-bond acceptors (Lipinski definition) is 1. The first kappa shape index (κ1) is 13.7. The van der Waals surface area contributed by atoms with Crippen molar-refractivity contribution in [3.05, 3.63) is 58.3 Å². The summed E-state index contributed by atoms with van der Waals surface area (Å²) in [5.41, 5.74) is 2.64. The molecule has 102 valence electrons. The van der Waals surface area contributed by atoms with E-state index >= 15 is 0 Å². The van der Waals surface area contributed by atoms with E-state index in [9.17, 15) is 0 Å². The van der Waals surface area contributed by atoms with Crippen LogP contribution in [-0.4, -0.2) is 15.4 Å². The highest BCUT2D eigenvalue weighted by molar-refractivity contribution is 6.37. The third-order valence-corrected chi connectivity index (χ3v) is 3.91. The van der Waals surface area contributed by atoms with Crippen LogP contribution in [0.1, 0.15) is 5.82 Å². The number of fused-ring (bicyclic) bond motifs is 1. The van der Waals surface area contributed by atoms with Crippen molar-refractivity contribution in [1.82, 2.24) is 9.55 Å². The molecule has 0 amide bonds. The van der Waals surface area contributed by atoms with E-state index in [1.54, 1.807) is 0 Å². The number of aryl methyl sites for hydroxylation is 1. The van der Waals surface area contributed by atoms with Crippen LogP contribution in [0.3, 0.4) is 0 Å². The molecule has 20 heavy (non-hydrogen) atoms. The number of hydrogen-bond donors (Lipinski definition) is 0. The Kier molecular flexibility index (Phi) is 3.88. The lowest BCUT2D eigenvalue weighted by Gasteiger charge is -2.12. The van der Waals surface area contributed by atoms with E-state index in [1.807, 2.05) is 47.0 Å². The lowest BCUT2D eigenvalue weighted by molar-refractivity contribution is 0.912. The van der Waals surface area contributed by atoms with Crippen molar-refractivity contribution in [2.45, 2.75) is 6.42 Å². The third kappa shape index (κ3) is 2.28. The fraction of sp³-hybridized carbons (Fsp3) is 0.133. The summed E-state index contributed by atoms with van der Waals surface area (Å²) in [5, 5.41) is 1.19. The first-order valence-corrected chi connectivity index (χ1v) is 7.48. The van der Waals surface area contributed by atoms with Crippen LogP contribution in [-0.2, 0) is 6.42 Å². The van der Waals surface area contributed by atoms with Gasteiger partial charge in [0.2, 0.25) is 0 Å². The summed E-state index contributed by atoms with van der Waals surface area (Å²) in [4.78, 5) is 4.62. The van der Waals surface area contributed by atoms with Crippen molar-refractivity contribution in [3.8, 4) is 5.69 Å². The van der Waals surface area contributed by atoms with Crippen molar-refractivity contribution >= 4 is 45.8 Å². The first-order chi connectivity index (χ1) is 9.72. The van der Waals surface area contributed by atoms with Crippen molar-refractivity contribution < 1.29 is 0 Å². The van der Waals surface area contributed by atoms with Crippen LogP contribution in [0.5, 0.6) is 0 Å². The highest BCUT2D eigenvalue weighted by Crippen LogP contribution is 2.32. The fourth-order valence-corrected chi connectivity index (χ4v) is 3.02. The van der Waals surface area contributed by atoms with Crippen molar-refractivity contribution in [2.75, 3.05) is 5.88 Å². The Morgan fingerprint density at radius 2 is 1.65 bits per heavy atom. The van der Waals surface area contributed by atoms with E-state index in [1.165, 1.54) is 0 Å². The molecule has 0 saturated heterocycles. The maximum atomic E-state index is 6.33. The van der Waals surface area contributed by atoms with E-state index in [0.29, 0.717) is 22.3 Å². The molecule has 0 radical (unpaired) electrons. The molecule has 0 unspecified atom stereocenters. The number of nitrogens with zero attached hydrogens (tertiary/aromatic N) is 2. The van der Waals surface area contributed by atoms with Gasteiger partial charge in [-0.3, -0.25) is 4.57 Å². The van der Waals surface area contributed by atoms with Gasteiger partial charge in [0.05, 0.1) is 26.8 Å². The van der Waals surface area contributed by atoms with Gasteiger partial charge in [-0.2, -0.15) is 0 Å². The molecular formula is C15H11Cl3N2. The van der Waals surface area contributed by atoms with Crippen LogP contribution < -0.4 is 0 Å². The molecule has 3 rings (SSSR count). The molecule has 0 aliphatic rings. The molecule has 5 heteroatoms. The van der Waals surface area contributed by atoms with E-state index in [4.69, 9.17) is 34.8 Å². The summed E-state index contributed by atoms with van der Waals surface area (Å²) in [6.45, 7) is 0. The summed E-state index contributed by atoms with van der Waals surface area (Å²) in [5.74, 6) is 1.35. The SMILES string of the molecule is ClCCc1nc2ccccc2n1-c1c(Cl)cccc1Cl. The van der Waals surface area contributed by atoms with Gasteiger partial charge in [0.25, 0.3) is 0 Å². The number of alkyl halides is 1. The van der Waals surface area contributed by atoms with Crippen LogP contribution in [0.15, 0.2) is 42.5 Å². The van der Waals surface area contributed by atoms with Gasteiger partial charge in [-0.25, -0.2) is 4.98 Å². The predicted molar refractivity (Wildman–Crippen MR) is 85.5 cm³/mol. The molecule has 0 spiro atoms. The summed E-state index contributed by atoms with van der Waals surface area (Å²) >= 11 is 18.5. The van der Waals surface area contributed by atoms with Crippen molar-refractivity contribution in [3.63, 3.8) is 0 Å². The van der Waals surface area contributed by atoms with Crippen LogP contribution >= 0.6 is 34.8 Å². The van der Waals surface area contributed by atoms with Crippen LogP contribution in [0.25, 0.3) is 16.7 Å². The number of para-hydroxylation sites is 3. The monoisotopic (exact) mass is 324 g/mol. The van der Waals surface area contributed by atoms with Gasteiger partial charge < -0.3 is 0 Å². The molecule has 0 N–H and O–H groups in total. The number of benzene rings is 2. The molecule has 0 bridgehead atoms. The van der Waals surface area contributed by atoms with Gasteiger partial charge in [0.1, 0.15) is 5.82 Å².